The molecule has 1 atom stereocenters. The molecule has 0 aliphatic heterocycles. The van der Waals surface area contributed by atoms with Gasteiger partial charge in [-0.2, -0.15) is 0 Å². The van der Waals surface area contributed by atoms with Crippen molar-refractivity contribution in [2.45, 2.75) is 26.4 Å². The summed E-state index contributed by atoms with van der Waals surface area (Å²) in [5, 5.41) is 13.0. The molecule has 0 aliphatic carbocycles. The lowest BCUT2D eigenvalue weighted by molar-refractivity contribution is -0.143. The third kappa shape index (κ3) is 3.59. The van der Waals surface area contributed by atoms with Crippen molar-refractivity contribution in [3.8, 4) is 5.75 Å². The van der Waals surface area contributed by atoms with Gasteiger partial charge in [-0.1, -0.05) is 12.1 Å². The Labute approximate surface area is 127 Å². The molecule has 1 unspecified atom stereocenters. The van der Waals surface area contributed by atoms with Crippen LogP contribution in [0.25, 0.3) is 0 Å². The molecule has 0 saturated carbocycles. The lowest BCUT2D eigenvalue weighted by Gasteiger charge is -2.18. The molecule has 0 amide bonds. The maximum atomic E-state index is 12.0. The average Bonchev–Trinajstić information content (AvgIpc) is 2.97. The van der Waals surface area contributed by atoms with E-state index in [4.69, 9.17) is 4.74 Å². The van der Waals surface area contributed by atoms with Gasteiger partial charge in [-0.3, -0.25) is 10.3 Å². The molecule has 1 aromatic heterocycles. The number of rotatable bonds is 5. The Morgan fingerprint density at radius 3 is 2.62 bits per heavy atom. The zero-order valence-electron chi connectivity index (χ0n) is 12.2. The zero-order chi connectivity index (χ0) is 15.4. The van der Waals surface area contributed by atoms with Crippen molar-refractivity contribution in [3.05, 3.63) is 45.4 Å². The van der Waals surface area contributed by atoms with E-state index in [1.807, 2.05) is 13.8 Å². The van der Waals surface area contributed by atoms with Crippen LogP contribution in [-0.4, -0.2) is 23.2 Å². The molecule has 21 heavy (non-hydrogen) atoms. The predicted octanol–water partition coefficient (Wildman–Crippen LogP) is 2.47. The maximum Gasteiger partial charge on any atom is 0.327 e. The molecule has 2 N–H and O–H groups in total. The molecule has 2 aromatic rings. The summed E-state index contributed by atoms with van der Waals surface area (Å²) in [6.45, 7) is 4.15. The third-order valence-electron chi connectivity index (χ3n) is 3.25. The molecule has 0 radical (unpaired) electrons. The van der Waals surface area contributed by atoms with Crippen LogP contribution >= 0.6 is 11.3 Å². The quantitative estimate of drug-likeness (QED) is 0.830. The van der Waals surface area contributed by atoms with Gasteiger partial charge in [0.25, 0.3) is 0 Å². The lowest BCUT2D eigenvalue weighted by Crippen LogP contribution is -2.29. The monoisotopic (exact) mass is 306 g/mol. The van der Waals surface area contributed by atoms with Crippen LogP contribution in [0.4, 0.5) is 0 Å². The SMILES string of the molecule is COC(=O)C(NCc1cncs1)c1cc(C)c(O)c(C)c1. The number of hydrogen-bond donors (Lipinski definition) is 2. The van der Waals surface area contributed by atoms with Crippen LogP contribution in [0.5, 0.6) is 5.75 Å². The van der Waals surface area contributed by atoms with Crippen LogP contribution in [0.1, 0.15) is 27.6 Å². The average molecular weight is 306 g/mol. The number of phenols is 1. The van der Waals surface area contributed by atoms with Crippen molar-refractivity contribution in [1.82, 2.24) is 10.3 Å². The normalized spacial score (nSPS) is 12.1. The third-order valence-corrected chi connectivity index (χ3v) is 4.03. The minimum absolute atomic E-state index is 0.254. The van der Waals surface area contributed by atoms with Gasteiger partial charge in [0.15, 0.2) is 0 Å². The molecular formula is C15H18N2O3S. The first-order valence-electron chi connectivity index (χ1n) is 6.51. The van der Waals surface area contributed by atoms with Crippen LogP contribution < -0.4 is 5.32 Å². The molecule has 0 saturated heterocycles. The second kappa shape index (κ2) is 6.69. The summed E-state index contributed by atoms with van der Waals surface area (Å²) in [5.74, 6) is -0.103. The van der Waals surface area contributed by atoms with Gasteiger partial charge in [-0.05, 0) is 30.5 Å². The van der Waals surface area contributed by atoms with E-state index in [0.717, 1.165) is 21.6 Å². The summed E-state index contributed by atoms with van der Waals surface area (Å²) < 4.78 is 4.87. The molecule has 0 fully saturated rings. The van der Waals surface area contributed by atoms with Crippen LogP contribution in [0.15, 0.2) is 23.8 Å². The zero-order valence-corrected chi connectivity index (χ0v) is 13.0. The van der Waals surface area contributed by atoms with E-state index in [9.17, 15) is 9.90 Å². The minimum Gasteiger partial charge on any atom is -0.507 e. The lowest BCUT2D eigenvalue weighted by atomic mass is 10.00. The fourth-order valence-corrected chi connectivity index (χ4v) is 2.69. The summed E-state index contributed by atoms with van der Waals surface area (Å²) in [7, 11) is 1.36. The number of benzene rings is 1. The van der Waals surface area contributed by atoms with E-state index in [-0.39, 0.29) is 11.7 Å². The van der Waals surface area contributed by atoms with Gasteiger partial charge in [0, 0.05) is 17.6 Å². The molecule has 1 aromatic carbocycles. The Morgan fingerprint density at radius 1 is 1.43 bits per heavy atom. The van der Waals surface area contributed by atoms with Gasteiger partial charge in [0.05, 0.1) is 12.6 Å². The Balaban J connectivity index is 2.25. The van der Waals surface area contributed by atoms with Crippen LogP contribution in [0, 0.1) is 13.8 Å². The van der Waals surface area contributed by atoms with E-state index >= 15 is 0 Å². The van der Waals surface area contributed by atoms with Crippen molar-refractivity contribution >= 4 is 17.3 Å². The van der Waals surface area contributed by atoms with Crippen LogP contribution in [-0.2, 0) is 16.1 Å². The highest BCUT2D eigenvalue weighted by atomic mass is 32.1. The number of ether oxygens (including phenoxy) is 1. The number of methoxy groups -OCH3 is 1. The summed E-state index contributed by atoms with van der Waals surface area (Å²) in [5.41, 5.74) is 4.00. The molecule has 112 valence electrons. The Bertz CT molecular complexity index is 603. The van der Waals surface area contributed by atoms with E-state index in [1.54, 1.807) is 23.8 Å². The highest BCUT2D eigenvalue weighted by molar-refractivity contribution is 7.09. The van der Waals surface area contributed by atoms with Gasteiger partial charge in [0.2, 0.25) is 0 Å². The number of aromatic hydroxyl groups is 1. The topological polar surface area (TPSA) is 71.5 Å². The first-order chi connectivity index (χ1) is 10.0. The summed E-state index contributed by atoms with van der Waals surface area (Å²) in [4.78, 5) is 17.1. The number of thiazole rings is 1. The number of hydrogen-bond acceptors (Lipinski definition) is 6. The number of carbonyl (C=O) groups excluding carboxylic acids is 1. The van der Waals surface area contributed by atoms with E-state index in [0.29, 0.717) is 6.54 Å². The molecule has 2 rings (SSSR count). The van der Waals surface area contributed by atoms with Gasteiger partial charge >= 0.3 is 5.97 Å². The Kier molecular flexibility index (Phi) is 4.93. The number of nitrogens with one attached hydrogen (secondary N) is 1. The molecule has 0 bridgehead atoms. The Hall–Kier alpha value is -1.92. The molecule has 0 spiro atoms. The summed E-state index contributed by atoms with van der Waals surface area (Å²) >= 11 is 1.52. The second-order valence-electron chi connectivity index (χ2n) is 4.81. The van der Waals surface area contributed by atoms with Crippen molar-refractivity contribution in [3.63, 3.8) is 0 Å². The number of carbonyl (C=O) groups is 1. The predicted molar refractivity (Wildman–Crippen MR) is 81.3 cm³/mol. The largest absolute Gasteiger partial charge is 0.507 e. The minimum atomic E-state index is -0.574. The molecular weight excluding hydrogens is 288 g/mol. The standard InChI is InChI=1S/C15H18N2O3S/c1-9-4-11(5-10(2)14(9)18)13(15(19)20-3)17-7-12-6-16-8-21-12/h4-6,8,13,17-18H,7H2,1-3H3. The number of nitrogens with zero attached hydrogens (tertiary/aromatic N) is 1. The van der Waals surface area contributed by atoms with Crippen molar-refractivity contribution in [2.75, 3.05) is 7.11 Å². The van der Waals surface area contributed by atoms with Crippen LogP contribution in [0.3, 0.4) is 0 Å². The van der Waals surface area contributed by atoms with Crippen molar-refractivity contribution < 1.29 is 14.6 Å². The molecule has 0 aliphatic rings. The first kappa shape index (κ1) is 15.5. The Morgan fingerprint density at radius 2 is 2.10 bits per heavy atom. The summed E-state index contributed by atoms with van der Waals surface area (Å²) in [6, 6.07) is 3.02. The highest BCUT2D eigenvalue weighted by Crippen LogP contribution is 2.27. The molecule has 6 heteroatoms. The van der Waals surface area contributed by atoms with Crippen molar-refractivity contribution in [1.29, 1.82) is 0 Å². The number of phenolic OH excluding ortho intramolecular Hbond substituents is 1. The van der Waals surface area contributed by atoms with Gasteiger partial charge in [-0.15, -0.1) is 11.3 Å². The smallest absolute Gasteiger partial charge is 0.327 e. The summed E-state index contributed by atoms with van der Waals surface area (Å²) in [6.07, 6.45) is 1.76. The van der Waals surface area contributed by atoms with E-state index in [1.165, 1.54) is 18.4 Å². The van der Waals surface area contributed by atoms with Crippen LogP contribution in [0.2, 0.25) is 0 Å². The molecule has 5 nitrogen and oxygen atoms in total. The maximum absolute atomic E-state index is 12.0. The van der Waals surface area contributed by atoms with Gasteiger partial charge < -0.3 is 9.84 Å². The fourth-order valence-electron chi connectivity index (χ4n) is 2.14. The van der Waals surface area contributed by atoms with E-state index in [2.05, 4.69) is 10.3 Å². The highest BCUT2D eigenvalue weighted by Gasteiger charge is 2.22. The number of aromatic nitrogens is 1. The number of esters is 1. The van der Waals surface area contributed by atoms with Gasteiger partial charge in [0.1, 0.15) is 11.8 Å². The molecule has 1 heterocycles. The second-order valence-corrected chi connectivity index (χ2v) is 5.78. The van der Waals surface area contributed by atoms with Crippen molar-refractivity contribution in [2.24, 2.45) is 0 Å². The number of aryl methyl sites for hydroxylation is 2. The first-order valence-corrected chi connectivity index (χ1v) is 7.39. The van der Waals surface area contributed by atoms with Gasteiger partial charge in [-0.25, -0.2) is 4.79 Å². The van der Waals surface area contributed by atoms with E-state index < -0.39 is 6.04 Å². The fraction of sp³-hybridized carbons (Fsp3) is 0.333.